The van der Waals surface area contributed by atoms with Gasteiger partial charge in [0.2, 0.25) is 0 Å². The largest absolute Gasteiger partial charge is 0.379 e. The zero-order chi connectivity index (χ0) is 29.9. The minimum absolute atomic E-state index is 0.150. The molecule has 3 N–H and O–H groups in total. The number of hydrazine groups is 1. The van der Waals surface area contributed by atoms with Crippen LogP contribution in [0.15, 0.2) is 71.9 Å². The highest BCUT2D eigenvalue weighted by molar-refractivity contribution is 6.26. The van der Waals surface area contributed by atoms with Gasteiger partial charge in [-0.3, -0.25) is 20.2 Å². The lowest BCUT2D eigenvalue weighted by atomic mass is 10.0. The molecule has 226 valence electrons. The number of urea groups is 1. The number of rotatable bonds is 5. The molecule has 0 radical (unpaired) electrons. The average molecular weight is 593 g/mol. The number of piperazine rings is 1. The number of hydrogen-bond donors (Lipinski definition) is 3. The molecule has 3 aromatic rings. The molecule has 0 bridgehead atoms. The van der Waals surface area contributed by atoms with E-state index in [9.17, 15) is 9.59 Å². The van der Waals surface area contributed by atoms with Gasteiger partial charge in [0.05, 0.1) is 35.7 Å². The number of aliphatic imine (C=N–C) groups is 1. The topological polar surface area (TPSA) is 118 Å². The molecule has 2 saturated heterocycles. The Balaban J connectivity index is 1.00. The van der Waals surface area contributed by atoms with Gasteiger partial charge < -0.3 is 15.0 Å². The summed E-state index contributed by atoms with van der Waals surface area (Å²) >= 11 is 0. The number of benzene rings is 2. The fourth-order valence-electron chi connectivity index (χ4n) is 6.23. The highest BCUT2D eigenvalue weighted by Crippen LogP contribution is 2.43. The number of ketones is 1. The summed E-state index contributed by atoms with van der Waals surface area (Å²) in [6.45, 7) is 7.14. The summed E-state index contributed by atoms with van der Waals surface area (Å²) in [5.41, 5.74) is 8.45. The number of fused-ring (bicyclic) bond motifs is 3. The molecule has 4 aliphatic rings. The molecular weight excluding hydrogens is 556 g/mol. The standard InChI is InChI=1S/C33H36N8O3/c42-32-28-25(6-5-7-26(28)35-33(43)38-41-18-20-44-21-19-41)31-29(32)30(36-37-31)24-11-9-23(10-12-24)22-39-14-16-40(17-15-39)27-8-3-1-2-4-13-34-27/h1-2,4-7,9-13H,3,8,14-22H2,(H,36,37)(H2,35,38,43)/b2-1+,13-4-,34-27?. The third-order valence-electron chi connectivity index (χ3n) is 8.54. The number of aromatic amines is 1. The number of morpholine rings is 1. The van der Waals surface area contributed by atoms with Crippen LogP contribution in [0.3, 0.4) is 0 Å². The summed E-state index contributed by atoms with van der Waals surface area (Å²) in [5.74, 6) is 1.03. The Morgan fingerprint density at radius 1 is 0.955 bits per heavy atom. The maximum atomic E-state index is 13.8. The molecule has 2 amide bonds. The number of nitrogens with zero attached hydrogens (tertiary/aromatic N) is 5. The van der Waals surface area contributed by atoms with E-state index in [1.54, 1.807) is 6.07 Å². The third-order valence-corrected chi connectivity index (χ3v) is 8.54. The second-order valence-electron chi connectivity index (χ2n) is 11.4. The van der Waals surface area contributed by atoms with Gasteiger partial charge in [0.1, 0.15) is 11.5 Å². The number of ether oxygens (including phenoxy) is 1. The first kappa shape index (κ1) is 28.2. The molecule has 4 heterocycles. The molecule has 11 nitrogen and oxygen atoms in total. The van der Waals surface area contributed by atoms with Crippen LogP contribution >= 0.6 is 0 Å². The van der Waals surface area contributed by atoms with Gasteiger partial charge in [-0.15, -0.1) is 0 Å². The summed E-state index contributed by atoms with van der Waals surface area (Å²) in [7, 11) is 0. The van der Waals surface area contributed by atoms with E-state index in [-0.39, 0.29) is 11.8 Å². The van der Waals surface area contributed by atoms with Crippen molar-refractivity contribution < 1.29 is 14.3 Å². The second kappa shape index (κ2) is 12.6. The first-order valence-corrected chi connectivity index (χ1v) is 15.3. The predicted molar refractivity (Wildman–Crippen MR) is 169 cm³/mol. The van der Waals surface area contributed by atoms with Gasteiger partial charge in [0.15, 0.2) is 5.78 Å². The molecular formula is C33H36N8O3. The van der Waals surface area contributed by atoms with Crippen LogP contribution in [-0.4, -0.2) is 95.1 Å². The number of nitrogens with one attached hydrogen (secondary N) is 3. The van der Waals surface area contributed by atoms with Crippen LogP contribution in [0, 0.1) is 0 Å². The van der Waals surface area contributed by atoms with Crippen molar-refractivity contribution >= 4 is 23.3 Å². The van der Waals surface area contributed by atoms with E-state index in [4.69, 9.17) is 4.74 Å². The second-order valence-corrected chi connectivity index (χ2v) is 11.4. The van der Waals surface area contributed by atoms with Crippen molar-refractivity contribution in [2.75, 3.05) is 57.8 Å². The molecule has 1 aromatic heterocycles. The van der Waals surface area contributed by atoms with Crippen LogP contribution in [0.25, 0.3) is 22.5 Å². The van der Waals surface area contributed by atoms with Crippen LogP contribution in [0.4, 0.5) is 10.5 Å². The quantitative estimate of drug-likeness (QED) is 0.320. The number of carbonyl (C=O) groups is 2. The number of hydrogen-bond acceptors (Lipinski definition) is 8. The van der Waals surface area contributed by atoms with E-state index in [1.165, 1.54) is 11.4 Å². The van der Waals surface area contributed by atoms with Crippen LogP contribution < -0.4 is 10.7 Å². The smallest absolute Gasteiger partial charge is 0.333 e. The maximum Gasteiger partial charge on any atom is 0.333 e. The van der Waals surface area contributed by atoms with Crippen molar-refractivity contribution in [3.05, 3.63) is 83.6 Å². The molecule has 0 saturated carbocycles. The summed E-state index contributed by atoms with van der Waals surface area (Å²) in [4.78, 5) is 36.0. The highest BCUT2D eigenvalue weighted by atomic mass is 16.5. The molecule has 1 aliphatic carbocycles. The molecule has 0 spiro atoms. The van der Waals surface area contributed by atoms with Crippen molar-refractivity contribution in [1.29, 1.82) is 0 Å². The Hall–Kier alpha value is -4.58. The van der Waals surface area contributed by atoms with Crippen LogP contribution in [0.2, 0.25) is 0 Å². The van der Waals surface area contributed by atoms with Crippen molar-refractivity contribution in [3.8, 4) is 22.5 Å². The SMILES string of the molecule is O=C(Nc1cccc2c1C(=O)c1c(-c3ccc(CN4CCN(C5=N/C=C\C=C\CC5)CC4)cc3)n[nH]c1-2)NN1CCOCC1. The number of aromatic nitrogens is 2. The Bertz CT molecular complexity index is 1630. The van der Waals surface area contributed by atoms with E-state index in [0.717, 1.165) is 56.7 Å². The Morgan fingerprint density at radius 2 is 1.77 bits per heavy atom. The highest BCUT2D eigenvalue weighted by Gasteiger charge is 2.35. The van der Waals surface area contributed by atoms with Gasteiger partial charge in [-0.25, -0.2) is 14.8 Å². The van der Waals surface area contributed by atoms with E-state index >= 15 is 0 Å². The van der Waals surface area contributed by atoms with Crippen molar-refractivity contribution in [2.45, 2.75) is 19.4 Å². The van der Waals surface area contributed by atoms with Gasteiger partial charge in [-0.2, -0.15) is 5.10 Å². The monoisotopic (exact) mass is 592 g/mol. The molecule has 2 aromatic carbocycles. The predicted octanol–water partition coefficient (Wildman–Crippen LogP) is 4.04. The normalized spacial score (nSPS) is 20.2. The first-order valence-electron chi connectivity index (χ1n) is 15.3. The van der Waals surface area contributed by atoms with Gasteiger partial charge in [-0.05, 0) is 24.1 Å². The molecule has 0 unspecified atom stereocenters. The zero-order valence-corrected chi connectivity index (χ0v) is 24.6. The van der Waals surface area contributed by atoms with Crippen molar-refractivity contribution in [1.82, 2.24) is 30.4 Å². The lowest BCUT2D eigenvalue weighted by Gasteiger charge is -2.36. The van der Waals surface area contributed by atoms with E-state index < -0.39 is 0 Å². The van der Waals surface area contributed by atoms with Gasteiger partial charge >= 0.3 is 6.03 Å². The van der Waals surface area contributed by atoms with E-state index in [0.29, 0.717) is 54.5 Å². The minimum atomic E-state index is -0.387. The summed E-state index contributed by atoms with van der Waals surface area (Å²) in [6.07, 6.45) is 10.1. The van der Waals surface area contributed by atoms with Gasteiger partial charge in [0, 0.05) is 69.6 Å². The lowest BCUT2D eigenvalue weighted by molar-refractivity contribution is 0.0207. The van der Waals surface area contributed by atoms with Crippen LogP contribution in [0.1, 0.15) is 34.3 Å². The van der Waals surface area contributed by atoms with Crippen LogP contribution in [-0.2, 0) is 11.3 Å². The Labute approximate surface area is 256 Å². The fourth-order valence-corrected chi connectivity index (χ4v) is 6.23. The van der Waals surface area contributed by atoms with Crippen molar-refractivity contribution in [2.24, 2.45) is 4.99 Å². The first-order chi connectivity index (χ1) is 21.6. The molecule has 2 fully saturated rings. The number of carbonyl (C=O) groups excluding carboxylic acids is 2. The number of anilines is 1. The number of amidine groups is 1. The number of H-pyrrole nitrogens is 1. The summed E-state index contributed by atoms with van der Waals surface area (Å²) in [6, 6.07) is 13.4. The molecule has 7 rings (SSSR count). The van der Waals surface area contributed by atoms with E-state index in [1.807, 2.05) is 41.6 Å². The Kier molecular flexibility index (Phi) is 8.06. The minimum Gasteiger partial charge on any atom is -0.379 e. The number of amides is 2. The molecule has 0 atom stereocenters. The van der Waals surface area contributed by atoms with Crippen molar-refractivity contribution in [3.63, 3.8) is 0 Å². The van der Waals surface area contributed by atoms with Gasteiger partial charge in [0.25, 0.3) is 0 Å². The Morgan fingerprint density at radius 3 is 2.59 bits per heavy atom. The molecule has 11 heteroatoms. The molecule has 44 heavy (non-hydrogen) atoms. The van der Waals surface area contributed by atoms with Gasteiger partial charge in [-0.1, -0.05) is 48.6 Å². The fraction of sp³-hybridized carbons (Fsp3) is 0.333. The third kappa shape index (κ3) is 5.81. The number of allylic oxidation sites excluding steroid dienone is 3. The maximum absolute atomic E-state index is 13.8. The molecule has 3 aliphatic heterocycles. The zero-order valence-electron chi connectivity index (χ0n) is 24.6. The summed E-state index contributed by atoms with van der Waals surface area (Å²) in [5, 5.41) is 12.3. The van der Waals surface area contributed by atoms with E-state index in [2.05, 4.69) is 60.0 Å². The average Bonchev–Trinajstić information content (AvgIpc) is 3.58. The summed E-state index contributed by atoms with van der Waals surface area (Å²) < 4.78 is 5.34. The van der Waals surface area contributed by atoms with Crippen LogP contribution in [0.5, 0.6) is 0 Å². The lowest BCUT2D eigenvalue weighted by Crippen LogP contribution is -2.49.